The fraction of sp³-hybridized carbons (Fsp3) is 0.111. The van der Waals surface area contributed by atoms with Gasteiger partial charge in [0, 0.05) is 21.6 Å². The highest BCUT2D eigenvalue weighted by Crippen LogP contribution is 2.24. The topological polar surface area (TPSA) is 83.6 Å². The number of benzene rings is 2. The maximum absolute atomic E-state index is 13.4. The van der Waals surface area contributed by atoms with Crippen molar-refractivity contribution in [1.29, 1.82) is 0 Å². The van der Waals surface area contributed by atoms with E-state index in [1.807, 2.05) is 13.0 Å². The number of rotatable bonds is 4. The lowest BCUT2D eigenvalue weighted by Crippen LogP contribution is -2.14. The first kappa shape index (κ1) is 17.7. The summed E-state index contributed by atoms with van der Waals surface area (Å²) in [6, 6.07) is 9.70. The molecule has 0 aliphatic carbocycles. The summed E-state index contributed by atoms with van der Waals surface area (Å²) in [5, 5.41) is 12.5. The Labute approximate surface area is 162 Å². The number of nitrogens with one attached hydrogen (secondary N) is 2. The van der Waals surface area contributed by atoms with E-state index in [4.69, 9.17) is 11.6 Å². The molecule has 0 spiro atoms. The van der Waals surface area contributed by atoms with E-state index in [0.717, 1.165) is 22.8 Å². The Morgan fingerprint density at radius 3 is 2.93 bits per heavy atom. The maximum Gasteiger partial charge on any atom is 0.234 e. The normalized spacial score (nSPS) is 11.2. The molecular formula is C18H13ClFN5OS. The molecule has 2 heterocycles. The van der Waals surface area contributed by atoms with Crippen molar-refractivity contribution in [3.8, 4) is 0 Å². The molecule has 0 radical (unpaired) electrons. The first-order chi connectivity index (χ1) is 13.0. The van der Waals surface area contributed by atoms with Gasteiger partial charge in [-0.2, -0.15) is 0 Å². The highest BCUT2D eigenvalue weighted by Gasteiger charge is 2.12. The maximum atomic E-state index is 13.4. The smallest absolute Gasteiger partial charge is 0.234 e. The molecule has 0 saturated carbocycles. The number of aryl methyl sites for hydroxylation is 1. The van der Waals surface area contributed by atoms with Gasteiger partial charge in [0.05, 0.1) is 5.75 Å². The van der Waals surface area contributed by atoms with Crippen molar-refractivity contribution in [2.24, 2.45) is 0 Å². The molecule has 2 aromatic carbocycles. The van der Waals surface area contributed by atoms with E-state index < -0.39 is 0 Å². The Kier molecular flexibility index (Phi) is 4.67. The summed E-state index contributed by atoms with van der Waals surface area (Å²) in [6.45, 7) is 1.89. The number of aromatic amines is 1. The number of carbonyl (C=O) groups excluding carboxylic acids is 1. The number of fused-ring (bicyclic) bond motifs is 3. The number of hydrogen-bond donors (Lipinski definition) is 2. The zero-order chi connectivity index (χ0) is 19.0. The van der Waals surface area contributed by atoms with Gasteiger partial charge in [-0.25, -0.2) is 9.37 Å². The highest BCUT2D eigenvalue weighted by molar-refractivity contribution is 7.99. The third-order valence-corrected chi connectivity index (χ3v) is 5.19. The first-order valence-corrected chi connectivity index (χ1v) is 9.36. The van der Waals surface area contributed by atoms with E-state index in [1.54, 1.807) is 18.2 Å². The number of thioether (sulfide) groups is 1. The Balaban J connectivity index is 1.47. The number of H-pyrrole nitrogens is 1. The van der Waals surface area contributed by atoms with Crippen molar-refractivity contribution in [2.75, 3.05) is 11.1 Å². The minimum absolute atomic E-state index is 0.119. The molecule has 4 rings (SSSR count). The third-order valence-electron chi connectivity index (χ3n) is 3.95. The van der Waals surface area contributed by atoms with Crippen LogP contribution in [0, 0.1) is 12.7 Å². The predicted molar refractivity (Wildman–Crippen MR) is 105 cm³/mol. The molecule has 4 aromatic rings. The van der Waals surface area contributed by atoms with Crippen LogP contribution >= 0.6 is 23.4 Å². The molecular weight excluding hydrogens is 389 g/mol. The number of amides is 1. The Morgan fingerprint density at radius 1 is 1.26 bits per heavy atom. The lowest BCUT2D eigenvalue weighted by molar-refractivity contribution is -0.113. The zero-order valence-electron chi connectivity index (χ0n) is 14.1. The van der Waals surface area contributed by atoms with Gasteiger partial charge in [-0.05, 0) is 42.8 Å². The van der Waals surface area contributed by atoms with E-state index in [9.17, 15) is 9.18 Å². The van der Waals surface area contributed by atoms with Gasteiger partial charge < -0.3 is 10.3 Å². The van der Waals surface area contributed by atoms with Crippen molar-refractivity contribution < 1.29 is 9.18 Å². The summed E-state index contributed by atoms with van der Waals surface area (Å²) in [4.78, 5) is 19.6. The van der Waals surface area contributed by atoms with Gasteiger partial charge in [-0.3, -0.25) is 4.79 Å². The van der Waals surface area contributed by atoms with Crippen LogP contribution in [0.3, 0.4) is 0 Å². The van der Waals surface area contributed by atoms with Crippen LogP contribution in [0.2, 0.25) is 5.02 Å². The number of aromatic nitrogens is 4. The summed E-state index contributed by atoms with van der Waals surface area (Å²) >= 11 is 7.22. The number of nitrogens with zero attached hydrogens (tertiary/aromatic N) is 3. The number of halogens is 2. The summed E-state index contributed by atoms with van der Waals surface area (Å²) in [6.07, 6.45) is 0. The molecule has 136 valence electrons. The van der Waals surface area contributed by atoms with Gasteiger partial charge in [0.15, 0.2) is 5.65 Å². The van der Waals surface area contributed by atoms with E-state index in [0.29, 0.717) is 32.4 Å². The lowest BCUT2D eigenvalue weighted by Gasteiger charge is -2.06. The quantitative estimate of drug-likeness (QED) is 0.497. The fourth-order valence-corrected chi connectivity index (χ4v) is 3.35. The molecule has 27 heavy (non-hydrogen) atoms. The third kappa shape index (κ3) is 3.72. The van der Waals surface area contributed by atoms with Crippen LogP contribution in [0.4, 0.5) is 10.1 Å². The molecule has 0 bridgehead atoms. The van der Waals surface area contributed by atoms with Crippen molar-refractivity contribution in [3.05, 3.63) is 52.8 Å². The van der Waals surface area contributed by atoms with Crippen molar-refractivity contribution in [3.63, 3.8) is 0 Å². The molecule has 0 fully saturated rings. The van der Waals surface area contributed by atoms with Gasteiger partial charge in [-0.1, -0.05) is 29.4 Å². The average molecular weight is 402 g/mol. The number of carbonyl (C=O) groups is 1. The molecule has 9 heteroatoms. The predicted octanol–water partition coefficient (Wildman–Crippen LogP) is 4.34. The van der Waals surface area contributed by atoms with Crippen LogP contribution in [-0.4, -0.2) is 31.8 Å². The SMILES string of the molecule is Cc1ccc(NC(=O)CSc2nnc3c(n2)[nH]c2ccc(F)cc23)cc1Cl. The summed E-state index contributed by atoms with van der Waals surface area (Å²) in [5.74, 6) is -0.438. The second-order valence-electron chi connectivity index (χ2n) is 5.91. The Morgan fingerprint density at radius 2 is 2.11 bits per heavy atom. The van der Waals surface area contributed by atoms with Gasteiger partial charge in [0.25, 0.3) is 0 Å². The van der Waals surface area contributed by atoms with Crippen LogP contribution in [0.5, 0.6) is 0 Å². The van der Waals surface area contributed by atoms with Gasteiger partial charge in [0.1, 0.15) is 11.3 Å². The molecule has 0 aliphatic heterocycles. The summed E-state index contributed by atoms with van der Waals surface area (Å²) in [5.41, 5.74) is 3.29. The van der Waals surface area contributed by atoms with Gasteiger partial charge in [-0.15, -0.1) is 10.2 Å². The molecule has 2 aromatic heterocycles. The standard InChI is InChI=1S/C18H13ClFN5OS/c1-9-2-4-11(7-13(9)19)21-15(26)8-27-18-23-17-16(24-25-18)12-6-10(20)3-5-14(12)22-17/h2-7H,8H2,1H3,(H,21,26)(H,22,23,25). The summed E-state index contributed by atoms with van der Waals surface area (Å²) < 4.78 is 13.4. The molecule has 1 amide bonds. The second kappa shape index (κ2) is 7.13. The average Bonchev–Trinajstić information content (AvgIpc) is 3.00. The Bertz CT molecular complexity index is 1180. The van der Waals surface area contributed by atoms with Crippen molar-refractivity contribution >= 4 is 57.0 Å². The highest BCUT2D eigenvalue weighted by atomic mass is 35.5. The van der Waals surface area contributed by atoms with E-state index in [-0.39, 0.29) is 17.5 Å². The van der Waals surface area contributed by atoms with Gasteiger partial charge in [0.2, 0.25) is 11.1 Å². The van der Waals surface area contributed by atoms with E-state index in [1.165, 1.54) is 12.1 Å². The summed E-state index contributed by atoms with van der Waals surface area (Å²) in [7, 11) is 0. The van der Waals surface area contributed by atoms with E-state index in [2.05, 4.69) is 25.5 Å². The number of hydrogen-bond acceptors (Lipinski definition) is 5. The van der Waals surface area contributed by atoms with Crippen LogP contribution in [0.25, 0.3) is 22.1 Å². The number of anilines is 1. The Hall–Kier alpha value is -2.71. The van der Waals surface area contributed by atoms with Crippen LogP contribution in [0.1, 0.15) is 5.56 Å². The van der Waals surface area contributed by atoms with E-state index >= 15 is 0 Å². The van der Waals surface area contributed by atoms with Gasteiger partial charge >= 0.3 is 0 Å². The van der Waals surface area contributed by atoms with Crippen molar-refractivity contribution in [1.82, 2.24) is 20.2 Å². The minimum atomic E-state index is -0.350. The molecule has 6 nitrogen and oxygen atoms in total. The van der Waals surface area contributed by atoms with Crippen LogP contribution in [0.15, 0.2) is 41.6 Å². The molecule has 0 saturated heterocycles. The van der Waals surface area contributed by atoms with Crippen molar-refractivity contribution in [2.45, 2.75) is 12.1 Å². The zero-order valence-corrected chi connectivity index (χ0v) is 15.7. The molecule has 0 atom stereocenters. The van der Waals surface area contributed by atoms with Crippen LogP contribution in [-0.2, 0) is 4.79 Å². The monoisotopic (exact) mass is 401 g/mol. The molecule has 2 N–H and O–H groups in total. The molecule has 0 aliphatic rings. The van der Waals surface area contributed by atoms with Crippen LogP contribution < -0.4 is 5.32 Å². The first-order valence-electron chi connectivity index (χ1n) is 8.00. The largest absolute Gasteiger partial charge is 0.338 e. The fourth-order valence-electron chi connectivity index (χ4n) is 2.59. The second-order valence-corrected chi connectivity index (χ2v) is 7.26. The lowest BCUT2D eigenvalue weighted by atomic mass is 10.2. The minimum Gasteiger partial charge on any atom is -0.338 e. The molecule has 0 unspecified atom stereocenters.